The van der Waals surface area contributed by atoms with Gasteiger partial charge in [-0.1, -0.05) is 0 Å². The van der Waals surface area contributed by atoms with Gasteiger partial charge in [-0.2, -0.15) is 0 Å². The van der Waals surface area contributed by atoms with Crippen molar-refractivity contribution in [3.8, 4) is 0 Å². The summed E-state index contributed by atoms with van der Waals surface area (Å²) in [6, 6.07) is 0. The van der Waals surface area contributed by atoms with E-state index in [1.54, 1.807) is 23.0 Å². The molecule has 22 heavy (non-hydrogen) atoms. The van der Waals surface area contributed by atoms with Crippen LogP contribution in [0.5, 0.6) is 0 Å². The molecular weight excluding hydrogens is 298 g/mol. The normalized spacial score (nSPS) is 14.3. The van der Waals surface area contributed by atoms with E-state index in [0.717, 1.165) is 49.2 Å². The van der Waals surface area contributed by atoms with Gasteiger partial charge >= 0.3 is 0 Å². The lowest BCUT2D eigenvalue weighted by molar-refractivity contribution is 0.147. The SMILES string of the molecule is CCOCCCNc1nc2sc3c(c2c(=O)n1C)CCCC3. The summed E-state index contributed by atoms with van der Waals surface area (Å²) < 4.78 is 6.97. The van der Waals surface area contributed by atoms with E-state index in [4.69, 9.17) is 4.74 Å². The Labute approximate surface area is 134 Å². The highest BCUT2D eigenvalue weighted by molar-refractivity contribution is 7.18. The maximum absolute atomic E-state index is 12.7. The van der Waals surface area contributed by atoms with Crippen molar-refractivity contribution >= 4 is 27.5 Å². The Bertz CT molecular complexity index is 720. The first-order chi connectivity index (χ1) is 10.7. The molecule has 1 aliphatic rings. The third-order valence-electron chi connectivity index (χ3n) is 4.15. The van der Waals surface area contributed by atoms with Gasteiger partial charge in [-0.05, 0) is 44.6 Å². The second-order valence-electron chi connectivity index (χ2n) is 5.67. The zero-order valence-corrected chi connectivity index (χ0v) is 14.1. The highest BCUT2D eigenvalue weighted by Crippen LogP contribution is 2.34. The Balaban J connectivity index is 1.86. The quantitative estimate of drug-likeness (QED) is 0.831. The number of aryl methyl sites for hydroxylation is 2. The van der Waals surface area contributed by atoms with Gasteiger partial charge in [0.1, 0.15) is 4.83 Å². The summed E-state index contributed by atoms with van der Waals surface area (Å²) in [6.07, 6.45) is 5.43. The molecule has 0 saturated heterocycles. The van der Waals surface area contributed by atoms with Crippen molar-refractivity contribution in [2.75, 3.05) is 25.1 Å². The Morgan fingerprint density at radius 3 is 3.00 bits per heavy atom. The molecule has 0 amide bonds. The minimum absolute atomic E-state index is 0.0803. The lowest BCUT2D eigenvalue weighted by Gasteiger charge is -2.12. The van der Waals surface area contributed by atoms with Crippen LogP contribution in [0.3, 0.4) is 0 Å². The largest absolute Gasteiger partial charge is 0.382 e. The Morgan fingerprint density at radius 1 is 1.36 bits per heavy atom. The molecule has 6 heteroatoms. The van der Waals surface area contributed by atoms with Gasteiger partial charge in [-0.25, -0.2) is 4.98 Å². The summed E-state index contributed by atoms with van der Waals surface area (Å²) in [5.41, 5.74) is 1.33. The molecule has 5 nitrogen and oxygen atoms in total. The first-order valence-electron chi connectivity index (χ1n) is 8.05. The Kier molecular flexibility index (Phi) is 4.78. The fourth-order valence-corrected chi connectivity index (χ4v) is 4.21. The summed E-state index contributed by atoms with van der Waals surface area (Å²) in [5.74, 6) is 0.660. The number of anilines is 1. The molecule has 0 saturated carbocycles. The first kappa shape index (κ1) is 15.5. The van der Waals surface area contributed by atoms with Gasteiger partial charge in [0.2, 0.25) is 5.95 Å². The molecule has 3 rings (SSSR count). The van der Waals surface area contributed by atoms with Crippen molar-refractivity contribution < 1.29 is 4.74 Å². The lowest BCUT2D eigenvalue weighted by Crippen LogP contribution is -2.23. The average molecular weight is 321 g/mol. The lowest BCUT2D eigenvalue weighted by atomic mass is 9.97. The molecule has 0 bridgehead atoms. The van der Waals surface area contributed by atoms with Gasteiger partial charge in [-0.15, -0.1) is 11.3 Å². The number of ether oxygens (including phenoxy) is 1. The average Bonchev–Trinajstić information content (AvgIpc) is 2.90. The van der Waals surface area contributed by atoms with Gasteiger partial charge in [0, 0.05) is 31.7 Å². The molecule has 0 spiro atoms. The summed E-state index contributed by atoms with van der Waals surface area (Å²) >= 11 is 1.69. The summed E-state index contributed by atoms with van der Waals surface area (Å²) in [4.78, 5) is 19.6. The van der Waals surface area contributed by atoms with Crippen LogP contribution in [0.4, 0.5) is 5.95 Å². The van der Waals surface area contributed by atoms with E-state index in [1.807, 2.05) is 6.92 Å². The minimum atomic E-state index is 0.0803. The van der Waals surface area contributed by atoms with Gasteiger partial charge in [0.15, 0.2) is 0 Å². The number of thiophene rings is 1. The van der Waals surface area contributed by atoms with Crippen LogP contribution in [-0.4, -0.2) is 29.3 Å². The van der Waals surface area contributed by atoms with Crippen LogP contribution in [0, 0.1) is 0 Å². The maximum atomic E-state index is 12.7. The number of hydrogen-bond acceptors (Lipinski definition) is 5. The third-order valence-corrected chi connectivity index (χ3v) is 5.33. The standard InChI is InChI=1S/C16H23N3O2S/c1-3-21-10-6-9-17-16-18-14-13(15(20)19(16)2)11-7-4-5-8-12(11)22-14/h3-10H2,1-2H3,(H,17,18). The van der Waals surface area contributed by atoms with E-state index in [-0.39, 0.29) is 5.56 Å². The molecule has 0 radical (unpaired) electrons. The van der Waals surface area contributed by atoms with Crippen molar-refractivity contribution in [2.45, 2.75) is 39.0 Å². The molecule has 2 aromatic heterocycles. The van der Waals surface area contributed by atoms with Crippen molar-refractivity contribution in [1.82, 2.24) is 9.55 Å². The van der Waals surface area contributed by atoms with Crippen LogP contribution >= 0.6 is 11.3 Å². The first-order valence-corrected chi connectivity index (χ1v) is 8.87. The van der Waals surface area contributed by atoms with Crippen molar-refractivity contribution in [2.24, 2.45) is 7.05 Å². The highest BCUT2D eigenvalue weighted by atomic mass is 32.1. The van der Waals surface area contributed by atoms with E-state index >= 15 is 0 Å². The van der Waals surface area contributed by atoms with E-state index in [0.29, 0.717) is 5.95 Å². The predicted molar refractivity (Wildman–Crippen MR) is 91.1 cm³/mol. The topological polar surface area (TPSA) is 56.1 Å². The second-order valence-corrected chi connectivity index (χ2v) is 6.75. The second kappa shape index (κ2) is 6.79. The third kappa shape index (κ3) is 2.90. The summed E-state index contributed by atoms with van der Waals surface area (Å²) in [7, 11) is 1.80. The summed E-state index contributed by atoms with van der Waals surface area (Å²) in [6.45, 7) is 4.22. The van der Waals surface area contributed by atoms with Gasteiger partial charge in [0.05, 0.1) is 5.39 Å². The number of nitrogens with one attached hydrogen (secondary N) is 1. The molecule has 2 heterocycles. The van der Waals surface area contributed by atoms with Crippen LogP contribution in [0.2, 0.25) is 0 Å². The van der Waals surface area contributed by atoms with Gasteiger partial charge in [0.25, 0.3) is 5.56 Å². The minimum Gasteiger partial charge on any atom is -0.382 e. The molecule has 1 aliphatic carbocycles. The van der Waals surface area contributed by atoms with E-state index in [2.05, 4.69) is 10.3 Å². The molecule has 0 aromatic carbocycles. The molecule has 2 aromatic rings. The van der Waals surface area contributed by atoms with Crippen molar-refractivity contribution in [3.05, 3.63) is 20.8 Å². The number of aromatic nitrogens is 2. The van der Waals surface area contributed by atoms with Crippen LogP contribution < -0.4 is 10.9 Å². The van der Waals surface area contributed by atoms with Crippen LogP contribution in [-0.2, 0) is 24.6 Å². The van der Waals surface area contributed by atoms with E-state index in [1.165, 1.54) is 23.3 Å². The molecule has 1 N–H and O–H groups in total. The summed E-state index contributed by atoms with van der Waals surface area (Å²) in [5, 5.41) is 4.11. The molecule has 0 fully saturated rings. The molecule has 0 atom stereocenters. The van der Waals surface area contributed by atoms with Crippen LogP contribution in [0.15, 0.2) is 4.79 Å². The molecule has 120 valence electrons. The van der Waals surface area contributed by atoms with Crippen LogP contribution in [0.25, 0.3) is 10.2 Å². The monoisotopic (exact) mass is 321 g/mol. The zero-order valence-electron chi connectivity index (χ0n) is 13.3. The Hall–Kier alpha value is -1.40. The maximum Gasteiger partial charge on any atom is 0.263 e. The Morgan fingerprint density at radius 2 is 2.18 bits per heavy atom. The van der Waals surface area contributed by atoms with Crippen molar-refractivity contribution in [1.29, 1.82) is 0 Å². The smallest absolute Gasteiger partial charge is 0.263 e. The number of hydrogen-bond donors (Lipinski definition) is 1. The molecular formula is C16H23N3O2S. The van der Waals surface area contributed by atoms with Crippen molar-refractivity contribution in [3.63, 3.8) is 0 Å². The van der Waals surface area contributed by atoms with Gasteiger partial charge < -0.3 is 10.1 Å². The number of rotatable bonds is 6. The van der Waals surface area contributed by atoms with Crippen LogP contribution in [0.1, 0.15) is 36.6 Å². The number of nitrogens with zero attached hydrogens (tertiary/aromatic N) is 2. The fourth-order valence-electron chi connectivity index (χ4n) is 2.96. The van der Waals surface area contributed by atoms with E-state index in [9.17, 15) is 4.79 Å². The van der Waals surface area contributed by atoms with Gasteiger partial charge in [-0.3, -0.25) is 9.36 Å². The zero-order chi connectivity index (χ0) is 15.5. The molecule has 0 aliphatic heterocycles. The predicted octanol–water partition coefficient (Wildman–Crippen LogP) is 2.71. The highest BCUT2D eigenvalue weighted by Gasteiger charge is 2.20. The van der Waals surface area contributed by atoms with E-state index < -0.39 is 0 Å². The number of fused-ring (bicyclic) bond motifs is 3. The molecule has 0 unspecified atom stereocenters. The fraction of sp³-hybridized carbons (Fsp3) is 0.625.